The molecule has 2 aromatic rings. The van der Waals surface area contributed by atoms with Gasteiger partial charge >= 0.3 is 0 Å². The second-order valence-electron chi connectivity index (χ2n) is 4.87. The number of rotatable bonds is 6. The SMILES string of the molecule is CCCNC(Cc1ccc(F)c(F)c1)c1ccn(C)n1. The minimum atomic E-state index is -0.815. The molecule has 0 saturated heterocycles. The third-order valence-corrected chi connectivity index (χ3v) is 3.16. The van der Waals surface area contributed by atoms with Gasteiger partial charge in [-0.05, 0) is 43.1 Å². The Bertz CT molecular complexity index is 566. The molecule has 2 rings (SSSR count). The van der Waals surface area contributed by atoms with Gasteiger partial charge in [-0.3, -0.25) is 4.68 Å². The van der Waals surface area contributed by atoms with Crippen LogP contribution in [0.15, 0.2) is 30.5 Å². The summed E-state index contributed by atoms with van der Waals surface area (Å²) in [6, 6.07) is 5.97. The minimum absolute atomic E-state index is 0.000936. The van der Waals surface area contributed by atoms with E-state index in [1.54, 1.807) is 10.7 Å². The van der Waals surface area contributed by atoms with Crippen LogP contribution in [0.1, 0.15) is 30.6 Å². The number of aromatic nitrogens is 2. The highest BCUT2D eigenvalue weighted by Crippen LogP contribution is 2.18. The molecule has 0 aliphatic carbocycles. The van der Waals surface area contributed by atoms with E-state index in [0.717, 1.165) is 24.2 Å². The molecule has 0 radical (unpaired) electrons. The summed E-state index contributed by atoms with van der Waals surface area (Å²) < 4.78 is 28.0. The molecule has 0 amide bonds. The van der Waals surface area contributed by atoms with E-state index >= 15 is 0 Å². The zero-order valence-electron chi connectivity index (χ0n) is 11.7. The van der Waals surface area contributed by atoms with Crippen LogP contribution in [0, 0.1) is 11.6 Å². The smallest absolute Gasteiger partial charge is 0.159 e. The van der Waals surface area contributed by atoms with Crippen LogP contribution < -0.4 is 5.32 Å². The van der Waals surface area contributed by atoms with Gasteiger partial charge in [-0.1, -0.05) is 13.0 Å². The zero-order chi connectivity index (χ0) is 14.5. The third kappa shape index (κ3) is 3.63. The molecule has 0 saturated carbocycles. The Hall–Kier alpha value is -1.75. The van der Waals surface area contributed by atoms with Gasteiger partial charge in [-0.25, -0.2) is 8.78 Å². The average molecular weight is 279 g/mol. The van der Waals surface area contributed by atoms with Gasteiger partial charge in [-0.15, -0.1) is 0 Å². The molecule has 1 aromatic carbocycles. The first-order valence-electron chi connectivity index (χ1n) is 6.77. The molecule has 1 atom stereocenters. The first-order chi connectivity index (χ1) is 9.60. The second kappa shape index (κ2) is 6.61. The standard InChI is InChI=1S/C15H19F2N3/c1-3-7-18-15(14-6-8-20(2)19-14)10-11-4-5-12(16)13(17)9-11/h4-6,8-9,15,18H,3,7,10H2,1-2H3. The summed E-state index contributed by atoms with van der Waals surface area (Å²) in [5, 5.41) is 7.78. The predicted octanol–water partition coefficient (Wildman–Crippen LogP) is 2.98. The number of aryl methyl sites for hydroxylation is 1. The predicted molar refractivity (Wildman–Crippen MR) is 74.3 cm³/mol. The quantitative estimate of drug-likeness (QED) is 0.881. The highest BCUT2D eigenvalue weighted by Gasteiger charge is 2.15. The average Bonchev–Trinajstić information content (AvgIpc) is 2.85. The Kier molecular flexibility index (Phi) is 4.84. The summed E-state index contributed by atoms with van der Waals surface area (Å²) in [5.41, 5.74) is 1.66. The Morgan fingerprint density at radius 2 is 2.05 bits per heavy atom. The maximum absolute atomic E-state index is 13.3. The van der Waals surface area contributed by atoms with Crippen LogP contribution >= 0.6 is 0 Å². The summed E-state index contributed by atoms with van der Waals surface area (Å²) in [5.74, 6) is -1.62. The zero-order valence-corrected chi connectivity index (χ0v) is 11.7. The highest BCUT2D eigenvalue weighted by atomic mass is 19.2. The van der Waals surface area contributed by atoms with Crippen LogP contribution in [0.25, 0.3) is 0 Å². The van der Waals surface area contributed by atoms with E-state index in [9.17, 15) is 8.78 Å². The summed E-state index contributed by atoms with van der Waals surface area (Å²) in [4.78, 5) is 0. The number of hydrogen-bond donors (Lipinski definition) is 1. The van der Waals surface area contributed by atoms with Crippen LogP contribution in [0.5, 0.6) is 0 Å². The van der Waals surface area contributed by atoms with Crippen LogP contribution in [0.3, 0.4) is 0 Å². The van der Waals surface area contributed by atoms with E-state index in [1.807, 2.05) is 19.3 Å². The van der Waals surface area contributed by atoms with E-state index in [0.29, 0.717) is 6.42 Å². The molecular weight excluding hydrogens is 260 g/mol. The van der Waals surface area contributed by atoms with Crippen LogP contribution in [-0.2, 0) is 13.5 Å². The fraction of sp³-hybridized carbons (Fsp3) is 0.400. The van der Waals surface area contributed by atoms with Crippen LogP contribution in [-0.4, -0.2) is 16.3 Å². The molecule has 20 heavy (non-hydrogen) atoms. The summed E-state index contributed by atoms with van der Waals surface area (Å²) in [6.45, 7) is 2.94. The second-order valence-corrected chi connectivity index (χ2v) is 4.87. The molecule has 0 aliphatic rings. The van der Waals surface area contributed by atoms with Crippen molar-refractivity contribution in [2.45, 2.75) is 25.8 Å². The Morgan fingerprint density at radius 3 is 2.65 bits per heavy atom. The lowest BCUT2D eigenvalue weighted by molar-refractivity contribution is 0.494. The molecule has 1 heterocycles. The fourth-order valence-electron chi connectivity index (χ4n) is 2.12. The van der Waals surface area contributed by atoms with Crippen molar-refractivity contribution in [2.75, 3.05) is 6.54 Å². The molecule has 0 bridgehead atoms. The molecular formula is C15H19F2N3. The van der Waals surface area contributed by atoms with Crippen molar-refractivity contribution in [3.63, 3.8) is 0 Å². The van der Waals surface area contributed by atoms with Crippen LogP contribution in [0.2, 0.25) is 0 Å². The van der Waals surface area contributed by atoms with Crippen molar-refractivity contribution in [1.29, 1.82) is 0 Å². The number of nitrogens with zero attached hydrogens (tertiary/aromatic N) is 2. The molecule has 108 valence electrons. The summed E-state index contributed by atoms with van der Waals surface area (Å²) in [6.07, 6.45) is 3.45. The highest BCUT2D eigenvalue weighted by molar-refractivity contribution is 5.21. The van der Waals surface area contributed by atoms with Crippen molar-refractivity contribution >= 4 is 0 Å². The van der Waals surface area contributed by atoms with E-state index in [2.05, 4.69) is 17.3 Å². The number of hydrogen-bond acceptors (Lipinski definition) is 2. The van der Waals surface area contributed by atoms with Gasteiger partial charge in [0.2, 0.25) is 0 Å². The van der Waals surface area contributed by atoms with E-state index in [1.165, 1.54) is 12.1 Å². The number of benzene rings is 1. The lowest BCUT2D eigenvalue weighted by Crippen LogP contribution is -2.24. The van der Waals surface area contributed by atoms with Gasteiger partial charge in [0.25, 0.3) is 0 Å². The minimum Gasteiger partial charge on any atom is -0.308 e. The normalized spacial score (nSPS) is 12.6. The van der Waals surface area contributed by atoms with E-state index < -0.39 is 11.6 Å². The number of halogens is 2. The summed E-state index contributed by atoms with van der Waals surface area (Å²) in [7, 11) is 1.86. The maximum Gasteiger partial charge on any atom is 0.159 e. The van der Waals surface area contributed by atoms with Crippen molar-refractivity contribution in [2.24, 2.45) is 7.05 Å². The van der Waals surface area contributed by atoms with Crippen molar-refractivity contribution in [3.8, 4) is 0 Å². The van der Waals surface area contributed by atoms with Gasteiger partial charge < -0.3 is 5.32 Å². The molecule has 0 spiro atoms. The van der Waals surface area contributed by atoms with Crippen molar-refractivity contribution < 1.29 is 8.78 Å². The van der Waals surface area contributed by atoms with Gasteiger partial charge in [0.05, 0.1) is 11.7 Å². The van der Waals surface area contributed by atoms with Gasteiger partial charge in [-0.2, -0.15) is 5.10 Å². The molecule has 5 heteroatoms. The molecule has 1 N–H and O–H groups in total. The topological polar surface area (TPSA) is 29.9 Å². The van der Waals surface area contributed by atoms with Gasteiger partial charge in [0.15, 0.2) is 11.6 Å². The first-order valence-corrected chi connectivity index (χ1v) is 6.77. The van der Waals surface area contributed by atoms with Crippen LogP contribution in [0.4, 0.5) is 8.78 Å². The molecule has 1 unspecified atom stereocenters. The first kappa shape index (κ1) is 14.7. The Morgan fingerprint density at radius 1 is 1.25 bits per heavy atom. The molecule has 1 aromatic heterocycles. The van der Waals surface area contributed by atoms with E-state index in [-0.39, 0.29) is 6.04 Å². The molecule has 0 aliphatic heterocycles. The molecule has 0 fully saturated rings. The van der Waals surface area contributed by atoms with Crippen molar-refractivity contribution in [1.82, 2.24) is 15.1 Å². The Labute approximate surface area is 117 Å². The monoisotopic (exact) mass is 279 g/mol. The molecule has 3 nitrogen and oxygen atoms in total. The lowest BCUT2D eigenvalue weighted by Gasteiger charge is -2.16. The van der Waals surface area contributed by atoms with E-state index in [4.69, 9.17) is 0 Å². The maximum atomic E-state index is 13.3. The van der Waals surface area contributed by atoms with Gasteiger partial charge in [0.1, 0.15) is 0 Å². The largest absolute Gasteiger partial charge is 0.308 e. The van der Waals surface area contributed by atoms with Gasteiger partial charge in [0, 0.05) is 13.2 Å². The Balaban J connectivity index is 2.16. The number of nitrogens with one attached hydrogen (secondary N) is 1. The lowest BCUT2D eigenvalue weighted by atomic mass is 10.0. The summed E-state index contributed by atoms with van der Waals surface area (Å²) >= 11 is 0. The third-order valence-electron chi connectivity index (χ3n) is 3.16. The van der Waals surface area contributed by atoms with Crippen molar-refractivity contribution in [3.05, 3.63) is 53.4 Å². The fourth-order valence-corrected chi connectivity index (χ4v) is 2.12.